The molecule has 0 aliphatic carbocycles. The van der Waals surface area contributed by atoms with E-state index in [9.17, 15) is 4.79 Å². The fraction of sp³-hybridized carbons (Fsp3) is 0.688. The molecule has 1 rings (SSSR count). The van der Waals surface area contributed by atoms with Crippen molar-refractivity contribution in [1.29, 1.82) is 0 Å². The molecule has 1 aromatic rings. The van der Waals surface area contributed by atoms with Crippen LogP contribution >= 0.6 is 12.2 Å². The van der Waals surface area contributed by atoms with Crippen LogP contribution < -0.4 is 10.6 Å². The molecule has 0 unspecified atom stereocenters. The van der Waals surface area contributed by atoms with Crippen LogP contribution in [0.2, 0.25) is 0 Å². The number of carbonyl (C=O) groups excluding carboxylic acids is 1. The van der Waals surface area contributed by atoms with Crippen LogP contribution in [0.5, 0.6) is 0 Å². The molecule has 0 bridgehead atoms. The molecule has 0 fully saturated rings. The molecule has 23 heavy (non-hydrogen) atoms. The van der Waals surface area contributed by atoms with E-state index in [-0.39, 0.29) is 5.97 Å². The third kappa shape index (κ3) is 6.99. The highest BCUT2D eigenvalue weighted by Crippen LogP contribution is 2.15. The Balaban J connectivity index is 2.62. The molecule has 1 heterocycles. The van der Waals surface area contributed by atoms with Gasteiger partial charge in [0.05, 0.1) is 6.61 Å². The van der Waals surface area contributed by atoms with E-state index in [0.29, 0.717) is 23.1 Å². The fourth-order valence-electron chi connectivity index (χ4n) is 2.12. The number of ether oxygens (including phenoxy) is 1. The van der Waals surface area contributed by atoms with Crippen molar-refractivity contribution in [3.05, 3.63) is 11.8 Å². The average molecular weight is 340 g/mol. The standard InChI is InChI=1S/C16H28N4O2S/c1-4-7-8-9-10-17-16(23)18-14-13(15(21)22-6-3)12-20(19-14)11-5-2/h12H,4-11H2,1-3H3,(H2,17,18,19,23). The molecule has 0 saturated carbocycles. The van der Waals surface area contributed by atoms with Gasteiger partial charge in [0.2, 0.25) is 0 Å². The van der Waals surface area contributed by atoms with Crippen LogP contribution in [0.1, 0.15) is 63.2 Å². The summed E-state index contributed by atoms with van der Waals surface area (Å²) < 4.78 is 6.81. The minimum atomic E-state index is -0.386. The Bertz CT molecular complexity index is 502. The van der Waals surface area contributed by atoms with E-state index in [1.807, 2.05) is 0 Å². The summed E-state index contributed by atoms with van der Waals surface area (Å²) in [5.41, 5.74) is 0.412. The van der Waals surface area contributed by atoms with Crippen molar-refractivity contribution in [1.82, 2.24) is 15.1 Å². The summed E-state index contributed by atoms with van der Waals surface area (Å²) in [7, 11) is 0. The van der Waals surface area contributed by atoms with Crippen LogP contribution in [-0.4, -0.2) is 34.0 Å². The van der Waals surface area contributed by atoms with Crippen molar-refractivity contribution < 1.29 is 9.53 Å². The van der Waals surface area contributed by atoms with Crippen LogP contribution in [0, 0.1) is 0 Å². The van der Waals surface area contributed by atoms with E-state index in [4.69, 9.17) is 17.0 Å². The highest BCUT2D eigenvalue weighted by Gasteiger charge is 2.18. The molecule has 0 amide bonds. The zero-order chi connectivity index (χ0) is 17.1. The van der Waals surface area contributed by atoms with Gasteiger partial charge in [-0.3, -0.25) is 4.68 Å². The molecule has 6 nitrogen and oxygen atoms in total. The monoisotopic (exact) mass is 340 g/mol. The van der Waals surface area contributed by atoms with Gasteiger partial charge in [-0.1, -0.05) is 33.1 Å². The van der Waals surface area contributed by atoms with Crippen LogP contribution in [-0.2, 0) is 11.3 Å². The summed E-state index contributed by atoms with van der Waals surface area (Å²) in [5, 5.41) is 11.0. The molecule has 0 saturated heterocycles. The lowest BCUT2D eigenvalue weighted by molar-refractivity contribution is 0.0527. The van der Waals surface area contributed by atoms with Crippen molar-refractivity contribution >= 4 is 29.1 Å². The molecule has 0 aromatic carbocycles. The van der Waals surface area contributed by atoms with Gasteiger partial charge in [0.15, 0.2) is 10.9 Å². The quantitative estimate of drug-likeness (QED) is 0.387. The van der Waals surface area contributed by atoms with Gasteiger partial charge in [-0.25, -0.2) is 4.79 Å². The Morgan fingerprint density at radius 3 is 2.70 bits per heavy atom. The number of carbonyl (C=O) groups is 1. The van der Waals surface area contributed by atoms with Crippen molar-refractivity contribution in [2.75, 3.05) is 18.5 Å². The van der Waals surface area contributed by atoms with E-state index in [0.717, 1.165) is 25.9 Å². The molecule has 1 aromatic heterocycles. The van der Waals surface area contributed by atoms with Gasteiger partial charge in [0.25, 0.3) is 0 Å². The van der Waals surface area contributed by atoms with Gasteiger partial charge in [-0.15, -0.1) is 0 Å². The maximum absolute atomic E-state index is 12.0. The predicted octanol–water partition coefficient (Wildman–Crippen LogP) is 3.34. The minimum absolute atomic E-state index is 0.331. The number of anilines is 1. The second kappa shape index (κ2) is 11.0. The maximum atomic E-state index is 12.0. The van der Waals surface area contributed by atoms with Crippen molar-refractivity contribution in [3.8, 4) is 0 Å². The van der Waals surface area contributed by atoms with E-state index in [1.54, 1.807) is 17.8 Å². The zero-order valence-electron chi connectivity index (χ0n) is 14.4. The van der Waals surface area contributed by atoms with Crippen LogP contribution in [0.3, 0.4) is 0 Å². The third-order valence-electron chi connectivity index (χ3n) is 3.26. The first-order valence-corrected chi connectivity index (χ1v) is 8.82. The van der Waals surface area contributed by atoms with E-state index < -0.39 is 0 Å². The largest absolute Gasteiger partial charge is 0.462 e. The van der Waals surface area contributed by atoms with E-state index in [1.165, 1.54) is 19.3 Å². The number of esters is 1. The number of aromatic nitrogens is 2. The minimum Gasteiger partial charge on any atom is -0.462 e. The van der Waals surface area contributed by atoms with Crippen molar-refractivity contribution in [3.63, 3.8) is 0 Å². The van der Waals surface area contributed by atoms with Gasteiger partial charge in [-0.05, 0) is 32.0 Å². The lowest BCUT2D eigenvalue weighted by Gasteiger charge is -2.09. The average Bonchev–Trinajstić information content (AvgIpc) is 2.90. The smallest absolute Gasteiger partial charge is 0.343 e. The Labute approximate surface area is 144 Å². The zero-order valence-corrected chi connectivity index (χ0v) is 15.2. The molecule has 0 atom stereocenters. The molecular formula is C16H28N4O2S. The summed E-state index contributed by atoms with van der Waals surface area (Å²) >= 11 is 5.28. The Morgan fingerprint density at radius 1 is 1.26 bits per heavy atom. The lowest BCUT2D eigenvalue weighted by atomic mass is 10.2. The Hall–Kier alpha value is -1.63. The number of unbranched alkanes of at least 4 members (excludes halogenated alkanes) is 3. The molecule has 0 aliphatic rings. The normalized spacial score (nSPS) is 10.4. The first-order valence-electron chi connectivity index (χ1n) is 8.41. The second-order valence-electron chi connectivity index (χ2n) is 5.32. The molecule has 0 spiro atoms. The van der Waals surface area contributed by atoms with Crippen molar-refractivity contribution in [2.45, 2.75) is 59.4 Å². The highest BCUT2D eigenvalue weighted by molar-refractivity contribution is 7.80. The Morgan fingerprint density at radius 2 is 2.04 bits per heavy atom. The lowest BCUT2D eigenvalue weighted by Crippen LogP contribution is -2.30. The van der Waals surface area contributed by atoms with E-state index in [2.05, 4.69) is 29.6 Å². The van der Waals surface area contributed by atoms with Gasteiger partial charge < -0.3 is 15.4 Å². The van der Waals surface area contributed by atoms with E-state index >= 15 is 0 Å². The maximum Gasteiger partial charge on any atom is 0.343 e. The van der Waals surface area contributed by atoms with Gasteiger partial charge in [0.1, 0.15) is 5.56 Å². The summed E-state index contributed by atoms with van der Waals surface area (Å²) in [5.74, 6) is 0.0612. The first kappa shape index (κ1) is 19.4. The second-order valence-corrected chi connectivity index (χ2v) is 5.72. The number of hydrogen-bond acceptors (Lipinski definition) is 4. The summed E-state index contributed by atoms with van der Waals surface area (Å²) in [6.07, 6.45) is 7.34. The fourth-order valence-corrected chi connectivity index (χ4v) is 2.32. The number of nitrogens with one attached hydrogen (secondary N) is 2. The number of rotatable bonds is 10. The topological polar surface area (TPSA) is 68.2 Å². The predicted molar refractivity (Wildman–Crippen MR) is 96.8 cm³/mol. The Kier molecular flexibility index (Phi) is 9.28. The SMILES string of the molecule is CCCCCCNC(=S)Nc1nn(CCC)cc1C(=O)OCC. The summed E-state index contributed by atoms with van der Waals surface area (Å²) in [6, 6.07) is 0. The summed E-state index contributed by atoms with van der Waals surface area (Å²) in [4.78, 5) is 12.0. The molecule has 130 valence electrons. The molecule has 0 aliphatic heterocycles. The molecule has 0 radical (unpaired) electrons. The number of aryl methyl sites for hydroxylation is 1. The number of nitrogens with zero attached hydrogens (tertiary/aromatic N) is 2. The van der Waals surface area contributed by atoms with Crippen LogP contribution in [0.4, 0.5) is 5.82 Å². The highest BCUT2D eigenvalue weighted by atomic mass is 32.1. The summed E-state index contributed by atoms with van der Waals surface area (Å²) in [6.45, 7) is 7.91. The van der Waals surface area contributed by atoms with Gasteiger partial charge in [0, 0.05) is 19.3 Å². The van der Waals surface area contributed by atoms with Crippen LogP contribution in [0.15, 0.2) is 6.20 Å². The molecule has 7 heteroatoms. The third-order valence-corrected chi connectivity index (χ3v) is 3.50. The van der Waals surface area contributed by atoms with Gasteiger partial charge >= 0.3 is 5.97 Å². The number of hydrogen-bond donors (Lipinski definition) is 2. The molecular weight excluding hydrogens is 312 g/mol. The van der Waals surface area contributed by atoms with Crippen LogP contribution in [0.25, 0.3) is 0 Å². The van der Waals surface area contributed by atoms with Crippen molar-refractivity contribution in [2.24, 2.45) is 0 Å². The first-order chi connectivity index (χ1) is 11.1. The number of thiocarbonyl (C=S) groups is 1. The molecule has 2 N–H and O–H groups in total. The van der Waals surface area contributed by atoms with Gasteiger partial charge in [-0.2, -0.15) is 5.10 Å².